The molecule has 0 aliphatic carbocycles. The summed E-state index contributed by atoms with van der Waals surface area (Å²) in [5, 5.41) is 8.59. The Morgan fingerprint density at radius 3 is 2.38 bits per heavy atom. The number of nitrogens with one attached hydrogen (secondary N) is 2. The number of rotatable bonds is 9. The van der Waals surface area contributed by atoms with E-state index in [1.54, 1.807) is 19.5 Å². The molecular formula is C31H31N3O3. The van der Waals surface area contributed by atoms with Crippen LogP contribution in [0.25, 0.3) is 10.8 Å². The average molecular weight is 494 g/mol. The highest BCUT2D eigenvalue weighted by atomic mass is 16.5. The molecule has 4 aromatic rings. The highest BCUT2D eigenvalue weighted by Gasteiger charge is 2.38. The van der Waals surface area contributed by atoms with Gasteiger partial charge in [-0.05, 0) is 59.5 Å². The maximum Gasteiger partial charge on any atom is 0.220 e. The fourth-order valence-electron chi connectivity index (χ4n) is 5.36. The zero-order valence-corrected chi connectivity index (χ0v) is 20.9. The van der Waals surface area contributed by atoms with Gasteiger partial charge in [-0.25, -0.2) is 0 Å². The van der Waals surface area contributed by atoms with Crippen LogP contribution in [0.3, 0.4) is 0 Å². The molecule has 0 bridgehead atoms. The normalized spacial score (nSPS) is 17.8. The molecule has 37 heavy (non-hydrogen) atoms. The van der Waals surface area contributed by atoms with Gasteiger partial charge in [0.05, 0.1) is 13.2 Å². The van der Waals surface area contributed by atoms with Crippen molar-refractivity contribution in [3.05, 3.63) is 108 Å². The first-order valence-corrected chi connectivity index (χ1v) is 12.7. The number of carbonyl (C=O) groups is 2. The first-order chi connectivity index (χ1) is 18.1. The lowest BCUT2D eigenvalue weighted by atomic mass is 9.83. The number of hydrogen-bond acceptors (Lipinski definition) is 4. The second kappa shape index (κ2) is 10.8. The van der Waals surface area contributed by atoms with Crippen molar-refractivity contribution in [1.82, 2.24) is 15.6 Å². The van der Waals surface area contributed by atoms with Gasteiger partial charge in [-0.1, -0.05) is 60.7 Å². The van der Waals surface area contributed by atoms with Crippen molar-refractivity contribution in [2.24, 2.45) is 0 Å². The molecule has 1 saturated heterocycles. The number of methoxy groups -OCH3 is 1. The van der Waals surface area contributed by atoms with E-state index in [4.69, 9.17) is 4.74 Å². The van der Waals surface area contributed by atoms with Gasteiger partial charge in [0, 0.05) is 36.2 Å². The molecule has 0 radical (unpaired) electrons. The summed E-state index contributed by atoms with van der Waals surface area (Å²) in [6.45, 7) is 0. The smallest absolute Gasteiger partial charge is 0.220 e. The summed E-state index contributed by atoms with van der Waals surface area (Å²) in [6, 6.07) is 25.7. The van der Waals surface area contributed by atoms with E-state index in [9.17, 15) is 9.59 Å². The second-order valence-corrected chi connectivity index (χ2v) is 9.67. The number of carbonyl (C=O) groups excluding carboxylic acids is 2. The molecular weight excluding hydrogens is 462 g/mol. The maximum atomic E-state index is 13.3. The summed E-state index contributed by atoms with van der Waals surface area (Å²) < 4.78 is 5.56. The number of amides is 2. The standard InChI is InChI=1S/C31H31N3O3/c1-37-27-12-11-24(25-9-5-6-10-26(25)27)21-31(18-14-29(36)34-31)17-13-28(35)33-30(22-7-3-2-4-8-22)23-15-19-32-20-16-23/h2-12,15-16,19-20,30H,13-14,17-18,21H2,1H3,(H,33,35)(H,34,36)/t30-,31-/m1/s1. The Bertz CT molecular complexity index is 1350. The van der Waals surface area contributed by atoms with Gasteiger partial charge in [0.1, 0.15) is 5.75 Å². The molecule has 3 aromatic carbocycles. The summed E-state index contributed by atoms with van der Waals surface area (Å²) in [6.07, 6.45) is 6.17. The van der Waals surface area contributed by atoms with Gasteiger partial charge < -0.3 is 15.4 Å². The predicted molar refractivity (Wildman–Crippen MR) is 144 cm³/mol. The van der Waals surface area contributed by atoms with Crippen LogP contribution in [0.4, 0.5) is 0 Å². The number of fused-ring (bicyclic) bond motifs is 1. The largest absolute Gasteiger partial charge is 0.496 e. The van der Waals surface area contributed by atoms with Gasteiger partial charge >= 0.3 is 0 Å². The van der Waals surface area contributed by atoms with Gasteiger partial charge in [-0.2, -0.15) is 0 Å². The van der Waals surface area contributed by atoms with Crippen LogP contribution in [-0.4, -0.2) is 29.4 Å². The molecule has 188 valence electrons. The van der Waals surface area contributed by atoms with Crippen molar-refractivity contribution in [1.29, 1.82) is 0 Å². The molecule has 1 aliphatic heterocycles. The molecule has 6 heteroatoms. The van der Waals surface area contributed by atoms with E-state index in [-0.39, 0.29) is 17.9 Å². The molecule has 0 spiro atoms. The van der Waals surface area contributed by atoms with Crippen molar-refractivity contribution < 1.29 is 14.3 Å². The molecule has 2 atom stereocenters. The van der Waals surface area contributed by atoms with Crippen LogP contribution in [0.2, 0.25) is 0 Å². The highest BCUT2D eigenvalue weighted by Crippen LogP contribution is 2.35. The van der Waals surface area contributed by atoms with E-state index in [2.05, 4.69) is 27.8 Å². The van der Waals surface area contributed by atoms with Crippen molar-refractivity contribution in [2.75, 3.05) is 7.11 Å². The lowest BCUT2D eigenvalue weighted by molar-refractivity contribution is -0.123. The average Bonchev–Trinajstić information content (AvgIpc) is 3.32. The minimum Gasteiger partial charge on any atom is -0.496 e. The third-order valence-corrected chi connectivity index (χ3v) is 7.27. The van der Waals surface area contributed by atoms with E-state index in [1.165, 1.54) is 0 Å². The Morgan fingerprint density at radius 1 is 0.973 bits per heavy atom. The summed E-state index contributed by atoms with van der Waals surface area (Å²) in [4.78, 5) is 29.8. The third-order valence-electron chi connectivity index (χ3n) is 7.27. The molecule has 0 saturated carbocycles. The lowest BCUT2D eigenvalue weighted by Gasteiger charge is -2.30. The quantitative estimate of drug-likeness (QED) is 0.339. The van der Waals surface area contributed by atoms with Crippen LogP contribution in [0, 0.1) is 0 Å². The second-order valence-electron chi connectivity index (χ2n) is 9.67. The van der Waals surface area contributed by atoms with Gasteiger partial charge in [0.25, 0.3) is 0 Å². The highest BCUT2D eigenvalue weighted by molar-refractivity contribution is 5.91. The first-order valence-electron chi connectivity index (χ1n) is 12.7. The van der Waals surface area contributed by atoms with Crippen molar-refractivity contribution in [2.45, 2.75) is 43.7 Å². The third kappa shape index (κ3) is 5.48. The van der Waals surface area contributed by atoms with Crippen molar-refractivity contribution in [3.8, 4) is 5.75 Å². The minimum absolute atomic E-state index is 0.0390. The molecule has 1 aromatic heterocycles. The molecule has 2 heterocycles. The number of aromatic nitrogens is 1. The van der Waals surface area contributed by atoms with E-state index >= 15 is 0 Å². The van der Waals surface area contributed by atoms with E-state index < -0.39 is 5.54 Å². The van der Waals surface area contributed by atoms with E-state index in [0.29, 0.717) is 32.1 Å². The molecule has 2 amide bonds. The molecule has 0 unspecified atom stereocenters. The van der Waals surface area contributed by atoms with Crippen LogP contribution in [-0.2, 0) is 16.0 Å². The van der Waals surface area contributed by atoms with Gasteiger partial charge in [0.2, 0.25) is 11.8 Å². The predicted octanol–water partition coefficient (Wildman–Crippen LogP) is 5.12. The van der Waals surface area contributed by atoms with Crippen LogP contribution in [0.15, 0.2) is 91.3 Å². The lowest BCUT2D eigenvalue weighted by Crippen LogP contribution is -2.44. The number of pyridine rings is 1. The van der Waals surface area contributed by atoms with Crippen LogP contribution in [0.1, 0.15) is 48.4 Å². The Balaban J connectivity index is 1.35. The molecule has 1 aliphatic rings. The molecule has 2 N–H and O–H groups in total. The number of benzene rings is 3. The summed E-state index contributed by atoms with van der Waals surface area (Å²) in [5.74, 6) is 0.814. The van der Waals surface area contributed by atoms with Crippen LogP contribution in [0.5, 0.6) is 5.75 Å². The Labute approximate surface area is 217 Å². The molecule has 5 rings (SSSR count). The summed E-state index contributed by atoms with van der Waals surface area (Å²) in [7, 11) is 1.67. The van der Waals surface area contributed by atoms with Crippen molar-refractivity contribution in [3.63, 3.8) is 0 Å². The number of nitrogens with zero attached hydrogens (tertiary/aromatic N) is 1. The first kappa shape index (κ1) is 24.5. The zero-order chi connectivity index (χ0) is 25.7. The Morgan fingerprint density at radius 2 is 1.68 bits per heavy atom. The van der Waals surface area contributed by atoms with Gasteiger partial charge in [-0.15, -0.1) is 0 Å². The minimum atomic E-state index is -0.468. The number of hydrogen-bond donors (Lipinski definition) is 2. The summed E-state index contributed by atoms with van der Waals surface area (Å²) in [5.41, 5.74) is 2.65. The molecule has 1 fully saturated rings. The SMILES string of the molecule is COc1ccc(C[C@@]2(CCC(=O)N[C@H](c3ccccc3)c3ccncc3)CCC(=O)N2)c2ccccc12. The Kier molecular flexibility index (Phi) is 7.17. The van der Waals surface area contributed by atoms with Gasteiger partial charge in [0.15, 0.2) is 0 Å². The zero-order valence-electron chi connectivity index (χ0n) is 20.9. The maximum absolute atomic E-state index is 13.3. The van der Waals surface area contributed by atoms with Crippen LogP contribution < -0.4 is 15.4 Å². The van der Waals surface area contributed by atoms with E-state index in [1.807, 2.05) is 66.7 Å². The fourth-order valence-corrected chi connectivity index (χ4v) is 5.36. The monoisotopic (exact) mass is 493 g/mol. The van der Waals surface area contributed by atoms with Gasteiger partial charge in [-0.3, -0.25) is 14.6 Å². The van der Waals surface area contributed by atoms with Crippen molar-refractivity contribution >= 4 is 22.6 Å². The van der Waals surface area contributed by atoms with Crippen LogP contribution >= 0.6 is 0 Å². The number of ether oxygens (including phenoxy) is 1. The fraction of sp³-hybridized carbons (Fsp3) is 0.258. The molecule has 6 nitrogen and oxygen atoms in total. The van der Waals surface area contributed by atoms with E-state index in [0.717, 1.165) is 33.2 Å². The topological polar surface area (TPSA) is 80.3 Å². The Hall–Kier alpha value is -4.19. The summed E-state index contributed by atoms with van der Waals surface area (Å²) >= 11 is 0.